The molecule has 1 N–H and O–H groups in total. The third-order valence-electron chi connectivity index (χ3n) is 3.84. The molecule has 0 spiro atoms. The highest BCUT2D eigenvalue weighted by molar-refractivity contribution is 9.10. The zero-order valence-corrected chi connectivity index (χ0v) is 14.5. The van der Waals surface area contributed by atoms with Gasteiger partial charge in [0.15, 0.2) is 11.5 Å². The van der Waals surface area contributed by atoms with E-state index in [9.17, 15) is 14.7 Å². The van der Waals surface area contributed by atoms with Crippen molar-refractivity contribution in [3.05, 3.63) is 57.6 Å². The number of carbonyl (C=O) groups is 2. The number of halogens is 1. The minimum atomic E-state index is -0.765. The zero-order chi connectivity index (χ0) is 17.4. The Bertz CT molecular complexity index is 898. The Morgan fingerprint density at radius 3 is 2.04 bits per heavy atom. The highest BCUT2D eigenvalue weighted by Gasteiger charge is 2.35. The molecule has 0 heterocycles. The maximum atomic E-state index is 12.5. The summed E-state index contributed by atoms with van der Waals surface area (Å²) in [6.07, 6.45) is 0. The molecule has 0 bridgehead atoms. The molecule has 1 aliphatic rings. The lowest BCUT2D eigenvalue weighted by atomic mass is 9.85. The third kappa shape index (κ3) is 2.39. The maximum absolute atomic E-state index is 12.5. The third-order valence-corrected chi connectivity index (χ3v) is 4.53. The fourth-order valence-electron chi connectivity index (χ4n) is 2.65. The Balaban J connectivity index is 2.32. The van der Waals surface area contributed by atoms with Crippen molar-refractivity contribution >= 4 is 38.8 Å². The van der Waals surface area contributed by atoms with E-state index in [1.807, 2.05) is 0 Å². The molecule has 0 saturated carbocycles. The maximum Gasteiger partial charge on any atom is 0.237 e. The van der Waals surface area contributed by atoms with Crippen LogP contribution in [-0.4, -0.2) is 30.9 Å². The van der Waals surface area contributed by atoms with Crippen molar-refractivity contribution < 1.29 is 24.2 Å². The van der Waals surface area contributed by atoms with Crippen molar-refractivity contribution in [1.82, 2.24) is 0 Å². The van der Waals surface area contributed by atoms with Gasteiger partial charge in [-0.2, -0.15) is 0 Å². The second kappa shape index (κ2) is 6.13. The number of hydrogen-bond donors (Lipinski definition) is 1. The Morgan fingerprint density at radius 2 is 1.46 bits per heavy atom. The number of ether oxygens (including phenoxy) is 2. The molecular formula is C18H13BrO5. The van der Waals surface area contributed by atoms with Crippen LogP contribution in [0.15, 0.2) is 40.9 Å². The number of Topliss-reactive ketones (excluding diaryl/α,β-unsaturated/α-hetero) is 2. The number of rotatable bonds is 3. The first-order valence-corrected chi connectivity index (χ1v) is 7.82. The molecule has 0 amide bonds. The monoisotopic (exact) mass is 388 g/mol. The van der Waals surface area contributed by atoms with E-state index in [1.54, 1.807) is 24.3 Å². The number of ketones is 2. The standard InChI is InChI=1S/C18H13BrO5/c1-23-13-7-10-11(8-14(13)24-2)17(21)18(22)15(16(10)20)9-5-3-4-6-12(9)19/h3-8,20H,1-2H3. The molecule has 1 aliphatic carbocycles. The summed E-state index contributed by atoms with van der Waals surface area (Å²) in [4.78, 5) is 25.1. The summed E-state index contributed by atoms with van der Waals surface area (Å²) in [6, 6.07) is 9.79. The van der Waals surface area contributed by atoms with Crippen LogP contribution in [-0.2, 0) is 4.79 Å². The first-order chi connectivity index (χ1) is 11.5. The summed E-state index contributed by atoms with van der Waals surface area (Å²) in [5.41, 5.74) is 0.745. The Hall–Kier alpha value is -2.60. The van der Waals surface area contributed by atoms with E-state index in [0.29, 0.717) is 21.5 Å². The van der Waals surface area contributed by atoms with E-state index in [2.05, 4.69) is 15.9 Å². The van der Waals surface area contributed by atoms with E-state index >= 15 is 0 Å². The van der Waals surface area contributed by atoms with Crippen LogP contribution >= 0.6 is 15.9 Å². The van der Waals surface area contributed by atoms with Crippen molar-refractivity contribution in [2.24, 2.45) is 0 Å². The van der Waals surface area contributed by atoms with Gasteiger partial charge in [-0.15, -0.1) is 0 Å². The van der Waals surface area contributed by atoms with Gasteiger partial charge in [-0.25, -0.2) is 0 Å². The van der Waals surface area contributed by atoms with Crippen LogP contribution in [0.25, 0.3) is 11.3 Å². The van der Waals surface area contributed by atoms with E-state index < -0.39 is 11.6 Å². The molecule has 2 aromatic rings. The minimum absolute atomic E-state index is 0.0350. The summed E-state index contributed by atoms with van der Waals surface area (Å²) < 4.78 is 11.0. The largest absolute Gasteiger partial charge is 0.506 e. The number of hydrogen-bond acceptors (Lipinski definition) is 5. The molecule has 0 atom stereocenters. The van der Waals surface area contributed by atoms with Crippen LogP contribution in [0.2, 0.25) is 0 Å². The lowest BCUT2D eigenvalue weighted by Gasteiger charge is -2.20. The van der Waals surface area contributed by atoms with E-state index in [1.165, 1.54) is 26.4 Å². The van der Waals surface area contributed by atoms with Gasteiger partial charge in [-0.1, -0.05) is 34.1 Å². The molecule has 0 aromatic heterocycles. The molecule has 6 heteroatoms. The molecule has 24 heavy (non-hydrogen) atoms. The van der Waals surface area contributed by atoms with Crippen LogP contribution in [0.3, 0.4) is 0 Å². The Morgan fingerprint density at radius 1 is 0.875 bits per heavy atom. The normalized spacial score (nSPS) is 13.8. The first-order valence-electron chi connectivity index (χ1n) is 7.03. The second-order valence-corrected chi connectivity index (χ2v) is 5.97. The number of allylic oxidation sites excluding steroid dienone is 1. The van der Waals surface area contributed by atoms with Crippen molar-refractivity contribution in [3.8, 4) is 11.5 Å². The molecule has 0 saturated heterocycles. The van der Waals surface area contributed by atoms with Gasteiger partial charge >= 0.3 is 0 Å². The average Bonchev–Trinajstić information content (AvgIpc) is 2.60. The highest BCUT2D eigenvalue weighted by atomic mass is 79.9. The van der Waals surface area contributed by atoms with Crippen LogP contribution in [0.5, 0.6) is 11.5 Å². The molecule has 2 aromatic carbocycles. The van der Waals surface area contributed by atoms with Gasteiger partial charge < -0.3 is 14.6 Å². The van der Waals surface area contributed by atoms with Crippen LogP contribution in [0.1, 0.15) is 21.5 Å². The van der Waals surface area contributed by atoms with Gasteiger partial charge in [0, 0.05) is 21.2 Å². The van der Waals surface area contributed by atoms with Gasteiger partial charge in [0.05, 0.1) is 19.8 Å². The Kier molecular flexibility index (Phi) is 4.15. The zero-order valence-electron chi connectivity index (χ0n) is 12.9. The lowest BCUT2D eigenvalue weighted by molar-refractivity contribution is -0.110. The number of aliphatic hydroxyl groups is 1. The molecular weight excluding hydrogens is 376 g/mol. The topological polar surface area (TPSA) is 72.8 Å². The van der Waals surface area contributed by atoms with Crippen molar-refractivity contribution in [2.45, 2.75) is 0 Å². The lowest BCUT2D eigenvalue weighted by Crippen LogP contribution is -2.23. The van der Waals surface area contributed by atoms with Crippen molar-refractivity contribution in [1.29, 1.82) is 0 Å². The fourth-order valence-corrected chi connectivity index (χ4v) is 3.14. The summed E-state index contributed by atoms with van der Waals surface area (Å²) >= 11 is 3.34. The summed E-state index contributed by atoms with van der Waals surface area (Å²) in [5.74, 6) is -1.05. The number of methoxy groups -OCH3 is 2. The van der Waals surface area contributed by atoms with Gasteiger partial charge in [0.2, 0.25) is 11.6 Å². The van der Waals surface area contributed by atoms with Crippen LogP contribution in [0.4, 0.5) is 0 Å². The average molecular weight is 389 g/mol. The molecule has 0 radical (unpaired) electrons. The smallest absolute Gasteiger partial charge is 0.237 e. The number of fused-ring (bicyclic) bond motifs is 1. The number of benzene rings is 2. The fraction of sp³-hybridized carbons (Fsp3) is 0.111. The molecule has 0 unspecified atom stereocenters. The van der Waals surface area contributed by atoms with E-state index in [-0.39, 0.29) is 22.5 Å². The van der Waals surface area contributed by atoms with Gasteiger partial charge in [-0.3, -0.25) is 9.59 Å². The second-order valence-electron chi connectivity index (χ2n) is 5.11. The molecule has 3 rings (SSSR count). The quantitative estimate of drug-likeness (QED) is 0.812. The predicted octanol–water partition coefficient (Wildman–Crippen LogP) is 3.66. The summed E-state index contributed by atoms with van der Waals surface area (Å²) in [5, 5.41) is 10.7. The van der Waals surface area contributed by atoms with Crippen molar-refractivity contribution in [2.75, 3.05) is 14.2 Å². The van der Waals surface area contributed by atoms with Gasteiger partial charge in [0.25, 0.3) is 0 Å². The predicted molar refractivity (Wildman–Crippen MR) is 92.5 cm³/mol. The Labute approximate surface area is 146 Å². The molecule has 122 valence electrons. The van der Waals surface area contributed by atoms with Gasteiger partial charge in [0.1, 0.15) is 5.76 Å². The van der Waals surface area contributed by atoms with Crippen LogP contribution in [0, 0.1) is 0 Å². The van der Waals surface area contributed by atoms with E-state index in [0.717, 1.165) is 0 Å². The van der Waals surface area contributed by atoms with Crippen molar-refractivity contribution in [3.63, 3.8) is 0 Å². The molecule has 5 nitrogen and oxygen atoms in total. The number of carbonyl (C=O) groups excluding carboxylic acids is 2. The number of aliphatic hydroxyl groups excluding tert-OH is 1. The minimum Gasteiger partial charge on any atom is -0.506 e. The molecule has 0 aliphatic heterocycles. The summed E-state index contributed by atoms with van der Waals surface area (Å²) in [6.45, 7) is 0. The highest BCUT2D eigenvalue weighted by Crippen LogP contribution is 2.40. The van der Waals surface area contributed by atoms with Gasteiger partial charge in [-0.05, 0) is 18.2 Å². The SMILES string of the molecule is COc1cc2c(cc1OC)C(O)=C(c1ccccc1Br)C(=O)C2=O. The molecule has 0 fully saturated rings. The first kappa shape index (κ1) is 16.3. The van der Waals surface area contributed by atoms with E-state index in [4.69, 9.17) is 9.47 Å². The summed E-state index contributed by atoms with van der Waals surface area (Å²) in [7, 11) is 2.89. The van der Waals surface area contributed by atoms with Crippen LogP contribution < -0.4 is 9.47 Å².